The lowest BCUT2D eigenvalue weighted by atomic mass is 9.92. The monoisotopic (exact) mass is 347 g/mol. The van der Waals surface area contributed by atoms with Gasteiger partial charge in [-0.25, -0.2) is 0 Å². The maximum atomic E-state index is 12.1. The van der Waals surface area contributed by atoms with Gasteiger partial charge in [0.15, 0.2) is 0 Å². The molecule has 1 amide bonds. The number of carbonyl (C=O) groups is 1. The molecule has 1 aliphatic heterocycles. The second-order valence-electron chi connectivity index (χ2n) is 6.07. The van der Waals surface area contributed by atoms with Gasteiger partial charge in [0, 0.05) is 5.69 Å². The van der Waals surface area contributed by atoms with E-state index < -0.39 is 0 Å². The van der Waals surface area contributed by atoms with Crippen molar-refractivity contribution in [3.8, 4) is 11.5 Å². The van der Waals surface area contributed by atoms with Gasteiger partial charge in [0.2, 0.25) is 5.91 Å². The fourth-order valence-electron chi connectivity index (χ4n) is 2.99. The van der Waals surface area contributed by atoms with Crippen LogP contribution in [0.4, 0.5) is 5.69 Å². The molecule has 1 atom stereocenters. The number of fused-ring (bicyclic) bond motifs is 1. The molecule has 0 fully saturated rings. The van der Waals surface area contributed by atoms with Crippen molar-refractivity contribution in [1.82, 2.24) is 0 Å². The lowest BCUT2D eigenvalue weighted by Crippen LogP contribution is -2.13. The third-order valence-electron chi connectivity index (χ3n) is 4.33. The molecule has 4 heteroatoms. The minimum absolute atomic E-state index is 0.00927. The Bertz CT molecular complexity index is 889. The van der Waals surface area contributed by atoms with Crippen molar-refractivity contribution in [2.24, 2.45) is 0 Å². The van der Waals surface area contributed by atoms with E-state index >= 15 is 0 Å². The Morgan fingerprint density at radius 1 is 0.923 bits per heavy atom. The summed E-state index contributed by atoms with van der Waals surface area (Å²) in [4.78, 5) is 12.1. The molecule has 1 heterocycles. The van der Waals surface area contributed by atoms with Crippen molar-refractivity contribution in [3.63, 3.8) is 0 Å². The number of carbonyl (C=O) groups excluding carboxylic acids is 1. The first-order valence-corrected chi connectivity index (χ1v) is 8.38. The predicted molar refractivity (Wildman–Crippen MR) is 103 cm³/mol. The number of aryl methyl sites for hydroxylation is 1. The smallest absolute Gasteiger partial charge is 0.236 e. The maximum Gasteiger partial charge on any atom is 0.236 e. The van der Waals surface area contributed by atoms with Crippen LogP contribution < -0.4 is 10.1 Å². The average molecular weight is 347 g/mol. The number of nitrogens with one attached hydrogen (secondary N) is 1. The van der Waals surface area contributed by atoms with E-state index in [2.05, 4.69) is 5.32 Å². The molecule has 3 aromatic rings. The Morgan fingerprint density at radius 3 is 2.23 bits per heavy atom. The minimum atomic E-state index is -0.277. The van der Waals surface area contributed by atoms with E-state index in [0.29, 0.717) is 0 Å². The summed E-state index contributed by atoms with van der Waals surface area (Å²) in [7, 11) is 1.66. The molecule has 0 aromatic heterocycles. The van der Waals surface area contributed by atoms with Crippen LogP contribution in [0.1, 0.15) is 22.6 Å². The van der Waals surface area contributed by atoms with Crippen LogP contribution in [0.15, 0.2) is 72.8 Å². The molecule has 132 valence electrons. The minimum Gasteiger partial charge on any atom is -0.508 e. The molecular formula is C22H21NO3. The zero-order valence-electron chi connectivity index (χ0n) is 14.8. The number of methoxy groups -OCH3 is 1. The number of ether oxygens (including phenoxy) is 1. The topological polar surface area (TPSA) is 58.6 Å². The highest BCUT2D eigenvalue weighted by Crippen LogP contribution is 2.39. The summed E-state index contributed by atoms with van der Waals surface area (Å²) in [5.74, 6) is 0.833. The van der Waals surface area contributed by atoms with Gasteiger partial charge in [0.1, 0.15) is 11.5 Å². The number of benzene rings is 3. The van der Waals surface area contributed by atoms with Crippen LogP contribution >= 0.6 is 0 Å². The molecule has 0 radical (unpaired) electrons. The highest BCUT2D eigenvalue weighted by atomic mass is 16.5. The van der Waals surface area contributed by atoms with Gasteiger partial charge in [-0.15, -0.1) is 0 Å². The fraction of sp³-hybridized carbons (Fsp3) is 0.136. The number of aromatic hydroxyl groups is 1. The van der Waals surface area contributed by atoms with E-state index in [1.807, 2.05) is 55.5 Å². The number of amides is 1. The van der Waals surface area contributed by atoms with Crippen LogP contribution in [0.25, 0.3) is 0 Å². The Hall–Kier alpha value is -3.27. The first-order chi connectivity index (χ1) is 12.6. The van der Waals surface area contributed by atoms with Crippen LogP contribution in [-0.2, 0) is 4.79 Å². The Morgan fingerprint density at radius 2 is 1.62 bits per heavy atom. The number of para-hydroxylation sites is 2. The lowest BCUT2D eigenvalue weighted by Gasteiger charge is -2.09. The van der Waals surface area contributed by atoms with Crippen molar-refractivity contribution in [3.05, 3.63) is 89.5 Å². The maximum absolute atomic E-state index is 12.1. The van der Waals surface area contributed by atoms with Gasteiger partial charge in [0.25, 0.3) is 0 Å². The highest BCUT2D eigenvalue weighted by Gasteiger charge is 2.32. The van der Waals surface area contributed by atoms with Gasteiger partial charge >= 0.3 is 0 Å². The fourth-order valence-corrected chi connectivity index (χ4v) is 2.99. The molecule has 0 saturated carbocycles. The predicted octanol–water partition coefficient (Wildman–Crippen LogP) is 4.48. The van der Waals surface area contributed by atoms with Gasteiger partial charge < -0.3 is 15.2 Å². The van der Waals surface area contributed by atoms with Crippen molar-refractivity contribution < 1.29 is 14.6 Å². The largest absolute Gasteiger partial charge is 0.508 e. The second kappa shape index (κ2) is 7.74. The summed E-state index contributed by atoms with van der Waals surface area (Å²) in [5, 5.41) is 12.2. The molecule has 0 aliphatic carbocycles. The summed E-state index contributed by atoms with van der Waals surface area (Å²) < 4.78 is 4.91. The Kier molecular flexibility index (Phi) is 5.23. The number of rotatable bonds is 2. The van der Waals surface area contributed by atoms with Crippen molar-refractivity contribution in [1.29, 1.82) is 0 Å². The molecule has 1 aliphatic rings. The van der Waals surface area contributed by atoms with E-state index in [0.717, 1.165) is 28.1 Å². The molecule has 0 spiro atoms. The highest BCUT2D eigenvalue weighted by molar-refractivity contribution is 6.05. The van der Waals surface area contributed by atoms with Crippen LogP contribution in [0.5, 0.6) is 11.5 Å². The number of phenols is 1. The Labute approximate surface area is 153 Å². The van der Waals surface area contributed by atoms with E-state index in [1.165, 1.54) is 0 Å². The van der Waals surface area contributed by atoms with Gasteiger partial charge in [-0.3, -0.25) is 4.79 Å². The van der Waals surface area contributed by atoms with Gasteiger partial charge in [0.05, 0.1) is 13.0 Å². The molecular weight excluding hydrogens is 326 g/mol. The molecule has 4 rings (SSSR count). The quantitative estimate of drug-likeness (QED) is 0.718. The zero-order valence-corrected chi connectivity index (χ0v) is 14.8. The van der Waals surface area contributed by atoms with Gasteiger partial charge in [-0.2, -0.15) is 0 Å². The molecule has 1 unspecified atom stereocenters. The second-order valence-corrected chi connectivity index (χ2v) is 6.07. The van der Waals surface area contributed by atoms with Gasteiger partial charge in [-0.1, -0.05) is 48.5 Å². The number of phenolic OH excluding ortho intramolecular Hbond substituents is 1. The van der Waals surface area contributed by atoms with Crippen LogP contribution in [-0.4, -0.2) is 18.1 Å². The van der Waals surface area contributed by atoms with E-state index in [1.54, 1.807) is 31.4 Å². The van der Waals surface area contributed by atoms with Crippen LogP contribution in [0.2, 0.25) is 0 Å². The lowest BCUT2D eigenvalue weighted by molar-refractivity contribution is -0.116. The SMILES string of the molecule is COc1ccccc1.Cc1cccc2c1NC(=O)C2c1ccc(O)cc1. The normalized spacial score (nSPS) is 14.7. The van der Waals surface area contributed by atoms with Crippen molar-refractivity contribution in [2.75, 3.05) is 12.4 Å². The zero-order chi connectivity index (χ0) is 18.5. The van der Waals surface area contributed by atoms with Crippen LogP contribution in [0, 0.1) is 6.92 Å². The molecule has 0 saturated heterocycles. The number of hydrogen-bond donors (Lipinski definition) is 2. The van der Waals surface area contributed by atoms with Crippen LogP contribution in [0.3, 0.4) is 0 Å². The third kappa shape index (κ3) is 3.70. The van der Waals surface area contributed by atoms with Crippen molar-refractivity contribution >= 4 is 11.6 Å². The third-order valence-corrected chi connectivity index (χ3v) is 4.33. The Balaban J connectivity index is 0.000000206. The summed E-state index contributed by atoms with van der Waals surface area (Å²) in [6.07, 6.45) is 0. The number of hydrogen-bond acceptors (Lipinski definition) is 3. The molecule has 3 aromatic carbocycles. The molecule has 2 N–H and O–H groups in total. The summed E-state index contributed by atoms with van der Waals surface area (Å²) in [6.45, 7) is 1.98. The summed E-state index contributed by atoms with van der Waals surface area (Å²) in [5.41, 5.74) is 3.89. The van der Waals surface area contributed by atoms with E-state index in [-0.39, 0.29) is 17.6 Å². The van der Waals surface area contributed by atoms with Gasteiger partial charge in [-0.05, 0) is 47.9 Å². The standard InChI is InChI=1S/C15H13NO2.C7H8O/c1-9-3-2-4-12-13(15(18)16-14(9)12)10-5-7-11(17)8-6-10;1-8-7-5-3-2-4-6-7/h2-8,13,17H,1H3,(H,16,18);2-6H,1H3. The molecule has 0 bridgehead atoms. The molecule has 26 heavy (non-hydrogen) atoms. The average Bonchev–Trinajstić information content (AvgIpc) is 3.01. The van der Waals surface area contributed by atoms with E-state index in [4.69, 9.17) is 4.74 Å². The van der Waals surface area contributed by atoms with Crippen molar-refractivity contribution in [2.45, 2.75) is 12.8 Å². The molecule has 4 nitrogen and oxygen atoms in total. The first-order valence-electron chi connectivity index (χ1n) is 8.38. The summed E-state index contributed by atoms with van der Waals surface area (Å²) in [6, 6.07) is 22.4. The first kappa shape index (κ1) is 17.5. The summed E-state index contributed by atoms with van der Waals surface area (Å²) >= 11 is 0. The number of anilines is 1. The van der Waals surface area contributed by atoms with E-state index in [9.17, 15) is 9.90 Å².